The van der Waals surface area contributed by atoms with Gasteiger partial charge in [0.1, 0.15) is 16.8 Å². The summed E-state index contributed by atoms with van der Waals surface area (Å²) < 4.78 is 1.57. The van der Waals surface area contributed by atoms with E-state index in [1.807, 2.05) is 13.0 Å². The predicted octanol–water partition coefficient (Wildman–Crippen LogP) is 1.43. The molecule has 3 nitrogen and oxygen atoms in total. The molecular weight excluding hydrogens is 150 g/mol. The highest BCUT2D eigenvalue weighted by atomic mass is 35.5. The summed E-state index contributed by atoms with van der Waals surface area (Å²) in [6, 6.07) is 1.93. The van der Waals surface area contributed by atoms with E-state index in [1.54, 1.807) is 4.68 Å². The van der Waals surface area contributed by atoms with Crippen LogP contribution in [-0.4, -0.2) is 9.78 Å². The molecule has 52 valence electrons. The first-order valence-electron chi connectivity index (χ1n) is 2.91. The molecule has 1 heterocycles. The zero-order valence-electron chi connectivity index (χ0n) is 5.50. The van der Waals surface area contributed by atoms with E-state index in [0.29, 0.717) is 17.3 Å². The molecule has 0 saturated heterocycles. The third-order valence-electron chi connectivity index (χ3n) is 1.20. The van der Waals surface area contributed by atoms with E-state index in [-0.39, 0.29) is 0 Å². The molecule has 0 aliphatic carbocycles. The van der Waals surface area contributed by atoms with Crippen LogP contribution in [0.15, 0.2) is 6.20 Å². The Labute approximate surface area is 63.8 Å². The van der Waals surface area contributed by atoms with Gasteiger partial charge in [0.05, 0.1) is 6.20 Å². The Morgan fingerprint density at radius 2 is 2.60 bits per heavy atom. The minimum Gasteiger partial charge on any atom is -0.253 e. The second kappa shape index (κ2) is 2.72. The van der Waals surface area contributed by atoms with E-state index >= 15 is 0 Å². The molecule has 4 heteroatoms. The van der Waals surface area contributed by atoms with Crippen molar-refractivity contribution in [1.82, 2.24) is 9.78 Å². The van der Waals surface area contributed by atoms with Gasteiger partial charge in [-0.05, 0) is 6.92 Å². The summed E-state index contributed by atoms with van der Waals surface area (Å²) in [6.45, 7) is 2.61. The Balaban J connectivity index is 3.12. The van der Waals surface area contributed by atoms with Crippen LogP contribution < -0.4 is 0 Å². The number of hydrogen-bond acceptors (Lipinski definition) is 2. The molecule has 1 aromatic heterocycles. The normalized spacial score (nSPS) is 9.30. The highest BCUT2D eigenvalue weighted by molar-refractivity contribution is 6.30. The van der Waals surface area contributed by atoms with Crippen molar-refractivity contribution in [3.8, 4) is 6.07 Å². The number of halogens is 1. The van der Waals surface area contributed by atoms with Gasteiger partial charge in [-0.3, -0.25) is 4.68 Å². The van der Waals surface area contributed by atoms with Crippen molar-refractivity contribution in [3.05, 3.63) is 16.9 Å². The van der Waals surface area contributed by atoms with E-state index < -0.39 is 0 Å². The molecule has 0 aliphatic rings. The van der Waals surface area contributed by atoms with Gasteiger partial charge in [-0.25, -0.2) is 0 Å². The molecule has 0 spiro atoms. The molecular formula is C6H6ClN3. The topological polar surface area (TPSA) is 41.6 Å². The van der Waals surface area contributed by atoms with Crippen LogP contribution in [0.3, 0.4) is 0 Å². The van der Waals surface area contributed by atoms with E-state index in [2.05, 4.69) is 5.10 Å². The molecule has 0 amide bonds. The number of rotatable bonds is 1. The first kappa shape index (κ1) is 7.10. The molecule has 0 saturated carbocycles. The Bertz CT molecular complexity index is 271. The van der Waals surface area contributed by atoms with Gasteiger partial charge < -0.3 is 0 Å². The van der Waals surface area contributed by atoms with Gasteiger partial charge in [-0.2, -0.15) is 10.4 Å². The first-order chi connectivity index (χ1) is 4.79. The van der Waals surface area contributed by atoms with Crippen LogP contribution in [0.2, 0.25) is 5.15 Å². The molecule has 0 bridgehead atoms. The molecule has 0 aromatic carbocycles. The zero-order valence-corrected chi connectivity index (χ0v) is 6.26. The fraction of sp³-hybridized carbons (Fsp3) is 0.333. The van der Waals surface area contributed by atoms with Crippen molar-refractivity contribution in [1.29, 1.82) is 5.26 Å². The number of nitriles is 1. The van der Waals surface area contributed by atoms with Gasteiger partial charge in [0.2, 0.25) is 0 Å². The summed E-state index contributed by atoms with van der Waals surface area (Å²) in [5.74, 6) is 0. The van der Waals surface area contributed by atoms with Crippen molar-refractivity contribution >= 4 is 11.6 Å². The second-order valence-corrected chi connectivity index (χ2v) is 2.13. The van der Waals surface area contributed by atoms with Crippen LogP contribution in [0.1, 0.15) is 12.5 Å². The maximum Gasteiger partial charge on any atom is 0.144 e. The highest BCUT2D eigenvalue weighted by Crippen LogP contribution is 2.12. The maximum absolute atomic E-state index is 8.44. The smallest absolute Gasteiger partial charge is 0.144 e. The minimum atomic E-state index is 0.421. The molecule has 0 unspecified atom stereocenters. The lowest BCUT2D eigenvalue weighted by Crippen LogP contribution is -1.95. The molecule has 10 heavy (non-hydrogen) atoms. The van der Waals surface area contributed by atoms with Gasteiger partial charge in [0.25, 0.3) is 0 Å². The van der Waals surface area contributed by atoms with Gasteiger partial charge in [-0.15, -0.1) is 0 Å². The lowest BCUT2D eigenvalue weighted by molar-refractivity contribution is 0.660. The van der Waals surface area contributed by atoms with E-state index in [1.165, 1.54) is 6.20 Å². The maximum atomic E-state index is 8.44. The number of aromatic nitrogens is 2. The summed E-state index contributed by atoms with van der Waals surface area (Å²) >= 11 is 5.70. The molecule has 0 N–H and O–H groups in total. The Morgan fingerprint density at radius 3 is 2.90 bits per heavy atom. The number of nitrogens with zero attached hydrogens (tertiary/aromatic N) is 3. The molecule has 1 rings (SSSR count). The molecule has 1 aromatic rings. The first-order valence-corrected chi connectivity index (χ1v) is 3.28. The molecule has 0 fully saturated rings. The molecule has 0 aliphatic heterocycles. The Morgan fingerprint density at radius 1 is 1.90 bits per heavy atom. The molecule has 0 radical (unpaired) electrons. The van der Waals surface area contributed by atoms with Crippen molar-refractivity contribution in [2.45, 2.75) is 13.5 Å². The summed E-state index contributed by atoms with van der Waals surface area (Å²) in [7, 11) is 0. The van der Waals surface area contributed by atoms with Crippen LogP contribution in [0.5, 0.6) is 0 Å². The Hall–Kier alpha value is -1.01. The van der Waals surface area contributed by atoms with Crippen LogP contribution in [-0.2, 0) is 6.54 Å². The Kier molecular flexibility index (Phi) is 1.93. The van der Waals surface area contributed by atoms with E-state index in [9.17, 15) is 0 Å². The number of hydrogen-bond donors (Lipinski definition) is 0. The van der Waals surface area contributed by atoms with Crippen LogP contribution in [0, 0.1) is 11.3 Å². The number of aryl methyl sites for hydroxylation is 1. The third kappa shape index (κ3) is 0.981. The summed E-state index contributed by atoms with van der Waals surface area (Å²) in [5, 5.41) is 12.7. The molecule has 0 atom stereocenters. The quantitative estimate of drug-likeness (QED) is 0.616. The van der Waals surface area contributed by atoms with Crippen molar-refractivity contribution < 1.29 is 0 Å². The zero-order chi connectivity index (χ0) is 7.56. The average Bonchev–Trinajstić information content (AvgIpc) is 2.30. The standard InChI is InChI=1S/C6H6ClN3/c1-2-10-6(7)5(3-8)4-9-10/h4H,2H2,1H3. The van der Waals surface area contributed by atoms with Crippen LogP contribution >= 0.6 is 11.6 Å². The SMILES string of the molecule is CCn1ncc(C#N)c1Cl. The lowest BCUT2D eigenvalue weighted by Gasteiger charge is -1.93. The predicted molar refractivity (Wildman–Crippen MR) is 37.6 cm³/mol. The second-order valence-electron chi connectivity index (χ2n) is 1.78. The van der Waals surface area contributed by atoms with Crippen molar-refractivity contribution in [2.75, 3.05) is 0 Å². The van der Waals surface area contributed by atoms with E-state index in [0.717, 1.165) is 0 Å². The monoisotopic (exact) mass is 155 g/mol. The van der Waals surface area contributed by atoms with E-state index in [4.69, 9.17) is 16.9 Å². The largest absolute Gasteiger partial charge is 0.253 e. The average molecular weight is 156 g/mol. The fourth-order valence-electron chi connectivity index (χ4n) is 0.666. The van der Waals surface area contributed by atoms with Gasteiger partial charge in [-0.1, -0.05) is 11.6 Å². The minimum absolute atomic E-state index is 0.421. The van der Waals surface area contributed by atoms with Crippen LogP contribution in [0.4, 0.5) is 0 Å². The summed E-state index contributed by atoms with van der Waals surface area (Å²) in [4.78, 5) is 0. The van der Waals surface area contributed by atoms with Crippen LogP contribution in [0.25, 0.3) is 0 Å². The summed E-state index contributed by atoms with van der Waals surface area (Å²) in [5.41, 5.74) is 0.434. The van der Waals surface area contributed by atoms with Gasteiger partial charge >= 0.3 is 0 Å². The third-order valence-corrected chi connectivity index (χ3v) is 1.59. The van der Waals surface area contributed by atoms with Crippen molar-refractivity contribution in [3.63, 3.8) is 0 Å². The lowest BCUT2D eigenvalue weighted by atomic mass is 10.4. The highest BCUT2D eigenvalue weighted by Gasteiger charge is 2.04. The van der Waals surface area contributed by atoms with Gasteiger partial charge in [0, 0.05) is 6.54 Å². The van der Waals surface area contributed by atoms with Gasteiger partial charge in [0.15, 0.2) is 0 Å². The van der Waals surface area contributed by atoms with Crippen molar-refractivity contribution in [2.24, 2.45) is 0 Å². The summed E-state index contributed by atoms with van der Waals surface area (Å²) in [6.07, 6.45) is 1.46. The fourth-order valence-corrected chi connectivity index (χ4v) is 0.920.